The van der Waals surface area contributed by atoms with E-state index in [-0.39, 0.29) is 17.7 Å². The first kappa shape index (κ1) is 13.4. The second kappa shape index (κ2) is 5.09. The molecule has 1 aromatic rings. The molecule has 0 spiro atoms. The molecule has 0 aliphatic heterocycles. The maximum atomic E-state index is 12.4. The smallest absolute Gasteiger partial charge is 0.307 e. The van der Waals surface area contributed by atoms with Crippen LogP contribution in [0.25, 0.3) is 0 Å². The average Bonchev–Trinajstić information content (AvgIpc) is 3.01. The molecule has 1 amide bonds. The van der Waals surface area contributed by atoms with E-state index in [4.69, 9.17) is 11.6 Å². The summed E-state index contributed by atoms with van der Waals surface area (Å²) >= 11 is 5.80. The van der Waals surface area contributed by atoms with E-state index in [1.165, 1.54) is 0 Å². The molecule has 2 bridgehead atoms. The quantitative estimate of drug-likeness (QED) is 0.900. The minimum Gasteiger partial charge on any atom is -0.481 e. The van der Waals surface area contributed by atoms with Crippen LogP contribution in [-0.4, -0.2) is 17.0 Å². The number of hydrogen-bond acceptors (Lipinski definition) is 2. The molecule has 2 aliphatic carbocycles. The van der Waals surface area contributed by atoms with Gasteiger partial charge in [-0.25, -0.2) is 0 Å². The lowest BCUT2D eigenvalue weighted by molar-refractivity contribution is -0.148. The van der Waals surface area contributed by atoms with Crippen LogP contribution in [0, 0.1) is 23.7 Å². The summed E-state index contributed by atoms with van der Waals surface area (Å²) in [7, 11) is 0. The Morgan fingerprint density at radius 2 is 1.70 bits per heavy atom. The van der Waals surface area contributed by atoms with Gasteiger partial charge in [-0.2, -0.15) is 0 Å². The van der Waals surface area contributed by atoms with Crippen LogP contribution in [0.15, 0.2) is 24.3 Å². The van der Waals surface area contributed by atoms with Crippen molar-refractivity contribution in [2.45, 2.75) is 19.3 Å². The molecule has 5 heteroatoms. The zero-order valence-electron chi connectivity index (χ0n) is 10.9. The molecule has 2 fully saturated rings. The predicted molar refractivity (Wildman–Crippen MR) is 75.5 cm³/mol. The Hall–Kier alpha value is -1.55. The first-order valence-electron chi connectivity index (χ1n) is 6.85. The lowest BCUT2D eigenvalue weighted by Crippen LogP contribution is -2.37. The standard InChI is InChI=1S/C15H16ClNO3/c16-10-3-5-11(6-4-10)17-14(18)12-8-1-2-9(7-8)13(12)15(19)20/h3-6,8-9,12-13H,1-2,7H2,(H,17,18)(H,19,20)/t8-,9+,12+,13+/m1/s1. The molecular formula is C15H16ClNO3. The van der Waals surface area contributed by atoms with Gasteiger partial charge in [-0.15, -0.1) is 0 Å². The molecule has 20 heavy (non-hydrogen) atoms. The van der Waals surface area contributed by atoms with Crippen LogP contribution >= 0.6 is 11.6 Å². The number of benzene rings is 1. The molecule has 3 rings (SSSR count). The highest BCUT2D eigenvalue weighted by molar-refractivity contribution is 6.30. The van der Waals surface area contributed by atoms with E-state index < -0.39 is 17.8 Å². The highest BCUT2D eigenvalue weighted by atomic mass is 35.5. The van der Waals surface area contributed by atoms with Crippen LogP contribution in [0.4, 0.5) is 5.69 Å². The van der Waals surface area contributed by atoms with E-state index in [1.54, 1.807) is 24.3 Å². The van der Waals surface area contributed by atoms with Crippen molar-refractivity contribution >= 4 is 29.2 Å². The fraction of sp³-hybridized carbons (Fsp3) is 0.467. The highest BCUT2D eigenvalue weighted by Crippen LogP contribution is 2.52. The fourth-order valence-corrected chi connectivity index (χ4v) is 3.91. The molecule has 0 heterocycles. The van der Waals surface area contributed by atoms with Crippen LogP contribution in [0.5, 0.6) is 0 Å². The SMILES string of the molecule is O=C(O)[C@H]1[C@H]2CC[C@H](C2)[C@@H]1C(=O)Nc1ccc(Cl)cc1. The summed E-state index contributed by atoms with van der Waals surface area (Å²) in [5.41, 5.74) is 0.659. The molecule has 0 saturated heterocycles. The van der Waals surface area contributed by atoms with Crippen molar-refractivity contribution in [3.05, 3.63) is 29.3 Å². The third-order valence-corrected chi connectivity index (χ3v) is 4.87. The number of fused-ring (bicyclic) bond motifs is 2. The first-order chi connectivity index (χ1) is 9.56. The summed E-state index contributed by atoms with van der Waals surface area (Å²) in [6.07, 6.45) is 2.77. The summed E-state index contributed by atoms with van der Waals surface area (Å²) in [5, 5.41) is 12.8. The highest BCUT2D eigenvalue weighted by Gasteiger charge is 2.53. The monoisotopic (exact) mass is 293 g/mol. The van der Waals surface area contributed by atoms with Gasteiger partial charge in [-0.1, -0.05) is 11.6 Å². The molecule has 1 aromatic carbocycles. The molecule has 4 nitrogen and oxygen atoms in total. The number of rotatable bonds is 3. The number of carbonyl (C=O) groups excluding carboxylic acids is 1. The first-order valence-corrected chi connectivity index (χ1v) is 7.23. The van der Waals surface area contributed by atoms with Gasteiger partial charge in [0.15, 0.2) is 0 Å². The number of nitrogens with one attached hydrogen (secondary N) is 1. The Morgan fingerprint density at radius 1 is 1.10 bits per heavy atom. The van der Waals surface area contributed by atoms with Crippen molar-refractivity contribution in [2.75, 3.05) is 5.32 Å². The molecular weight excluding hydrogens is 278 g/mol. The van der Waals surface area contributed by atoms with Crippen molar-refractivity contribution in [2.24, 2.45) is 23.7 Å². The molecule has 106 valence electrons. The summed E-state index contributed by atoms with van der Waals surface area (Å²) < 4.78 is 0. The largest absolute Gasteiger partial charge is 0.481 e. The van der Waals surface area contributed by atoms with E-state index in [2.05, 4.69) is 5.32 Å². The number of aliphatic carboxylic acids is 1. The van der Waals surface area contributed by atoms with Gasteiger partial charge >= 0.3 is 5.97 Å². The molecule has 0 unspecified atom stereocenters. The number of carboxylic acid groups (broad SMARTS) is 1. The summed E-state index contributed by atoms with van der Waals surface area (Å²) in [6.45, 7) is 0. The maximum Gasteiger partial charge on any atom is 0.307 e. The molecule has 0 aromatic heterocycles. The topological polar surface area (TPSA) is 66.4 Å². The van der Waals surface area contributed by atoms with Crippen LogP contribution < -0.4 is 5.32 Å². The fourth-order valence-electron chi connectivity index (χ4n) is 3.78. The summed E-state index contributed by atoms with van der Waals surface area (Å²) in [6, 6.07) is 6.85. The number of anilines is 1. The van der Waals surface area contributed by atoms with Crippen molar-refractivity contribution in [3.8, 4) is 0 Å². The van der Waals surface area contributed by atoms with E-state index >= 15 is 0 Å². The number of halogens is 1. The Balaban J connectivity index is 1.76. The zero-order valence-corrected chi connectivity index (χ0v) is 11.6. The summed E-state index contributed by atoms with van der Waals surface area (Å²) in [4.78, 5) is 23.8. The Bertz CT molecular complexity index is 543. The van der Waals surface area contributed by atoms with Crippen molar-refractivity contribution < 1.29 is 14.7 Å². The normalized spacial score (nSPS) is 31.2. The van der Waals surface area contributed by atoms with Gasteiger partial charge < -0.3 is 10.4 Å². The van der Waals surface area contributed by atoms with Crippen molar-refractivity contribution in [1.29, 1.82) is 0 Å². The van der Waals surface area contributed by atoms with Crippen LogP contribution in [0.2, 0.25) is 5.02 Å². The van der Waals surface area contributed by atoms with E-state index in [0.29, 0.717) is 10.7 Å². The second-order valence-corrected chi connectivity index (χ2v) is 6.16. The van der Waals surface area contributed by atoms with Gasteiger partial charge in [0.2, 0.25) is 5.91 Å². The van der Waals surface area contributed by atoms with Gasteiger partial charge in [-0.05, 0) is 55.4 Å². The number of carbonyl (C=O) groups is 2. The van der Waals surface area contributed by atoms with E-state index in [0.717, 1.165) is 19.3 Å². The maximum absolute atomic E-state index is 12.4. The lowest BCUT2D eigenvalue weighted by atomic mass is 9.78. The van der Waals surface area contributed by atoms with Crippen LogP contribution in [0.1, 0.15) is 19.3 Å². The van der Waals surface area contributed by atoms with Crippen molar-refractivity contribution in [3.63, 3.8) is 0 Å². The molecule has 2 saturated carbocycles. The molecule has 4 atom stereocenters. The number of carboxylic acids is 1. The summed E-state index contributed by atoms with van der Waals surface area (Å²) in [5.74, 6) is -1.56. The minimum atomic E-state index is -0.839. The van der Waals surface area contributed by atoms with Gasteiger partial charge in [0.05, 0.1) is 11.8 Å². The lowest BCUT2D eigenvalue weighted by Gasteiger charge is -2.27. The molecule has 2 aliphatic rings. The number of hydrogen-bond donors (Lipinski definition) is 2. The molecule has 0 radical (unpaired) electrons. The Kier molecular flexibility index (Phi) is 3.42. The van der Waals surface area contributed by atoms with E-state index in [9.17, 15) is 14.7 Å². The van der Waals surface area contributed by atoms with Gasteiger partial charge in [-0.3, -0.25) is 9.59 Å². The van der Waals surface area contributed by atoms with Crippen LogP contribution in [0.3, 0.4) is 0 Å². The molecule has 2 N–H and O–H groups in total. The Labute approximate surface area is 122 Å². The number of amides is 1. The van der Waals surface area contributed by atoms with Gasteiger partial charge in [0, 0.05) is 10.7 Å². The Morgan fingerprint density at radius 3 is 2.30 bits per heavy atom. The third-order valence-electron chi connectivity index (χ3n) is 4.62. The van der Waals surface area contributed by atoms with Gasteiger partial charge in [0.25, 0.3) is 0 Å². The third kappa shape index (κ3) is 2.29. The van der Waals surface area contributed by atoms with Crippen molar-refractivity contribution in [1.82, 2.24) is 0 Å². The zero-order chi connectivity index (χ0) is 14.3. The minimum absolute atomic E-state index is 0.165. The average molecular weight is 294 g/mol. The van der Waals surface area contributed by atoms with Crippen LogP contribution in [-0.2, 0) is 9.59 Å². The predicted octanol–water partition coefficient (Wildman–Crippen LogP) is 3.03. The van der Waals surface area contributed by atoms with Gasteiger partial charge in [0.1, 0.15) is 0 Å². The van der Waals surface area contributed by atoms with E-state index in [1.807, 2.05) is 0 Å². The second-order valence-electron chi connectivity index (χ2n) is 5.72.